The third kappa shape index (κ3) is 5.41. The molecule has 1 unspecified atom stereocenters. The monoisotopic (exact) mass is 496 g/mol. The molecule has 0 radical (unpaired) electrons. The molecule has 3 aliphatic rings. The van der Waals surface area contributed by atoms with E-state index < -0.39 is 0 Å². The third-order valence-electron chi connectivity index (χ3n) is 6.12. The van der Waals surface area contributed by atoms with Gasteiger partial charge in [-0.2, -0.15) is 11.8 Å². The van der Waals surface area contributed by atoms with Crippen LogP contribution in [0.3, 0.4) is 0 Å². The molecule has 3 saturated heterocycles. The Balaban J connectivity index is 0.00000243. The Morgan fingerprint density at radius 2 is 1.92 bits per heavy atom. The van der Waals surface area contributed by atoms with Crippen molar-refractivity contribution in [2.75, 3.05) is 58.7 Å². The van der Waals surface area contributed by atoms with Gasteiger partial charge in [-0.1, -0.05) is 13.8 Å². The summed E-state index contributed by atoms with van der Waals surface area (Å²) in [6.45, 7) is 12.2. The van der Waals surface area contributed by atoms with Crippen LogP contribution >= 0.6 is 35.7 Å². The lowest BCUT2D eigenvalue weighted by atomic mass is 9.88. The molecule has 0 saturated carbocycles. The van der Waals surface area contributed by atoms with Crippen molar-refractivity contribution >= 4 is 41.7 Å². The second kappa shape index (κ2) is 10.7. The van der Waals surface area contributed by atoms with Crippen LogP contribution in [-0.4, -0.2) is 85.3 Å². The molecular weight excluding hydrogens is 459 g/mol. The first-order valence-corrected chi connectivity index (χ1v) is 11.1. The minimum absolute atomic E-state index is 0. The quantitative estimate of drug-likeness (QED) is 0.368. The Morgan fingerprint density at radius 3 is 2.54 bits per heavy atom. The predicted molar refractivity (Wildman–Crippen MR) is 123 cm³/mol. The van der Waals surface area contributed by atoms with Crippen molar-refractivity contribution in [3.63, 3.8) is 0 Å². The highest BCUT2D eigenvalue weighted by molar-refractivity contribution is 14.0. The van der Waals surface area contributed by atoms with Crippen molar-refractivity contribution in [3.05, 3.63) is 0 Å². The fourth-order valence-electron chi connectivity index (χ4n) is 4.39. The summed E-state index contributed by atoms with van der Waals surface area (Å²) in [5, 5.41) is 4.47. The van der Waals surface area contributed by atoms with Gasteiger partial charge in [0.25, 0.3) is 0 Å². The molecule has 3 fully saturated rings. The summed E-state index contributed by atoms with van der Waals surface area (Å²) in [5.41, 5.74) is 0.257. The van der Waals surface area contributed by atoms with E-state index in [1.807, 2.05) is 7.05 Å². The van der Waals surface area contributed by atoms with Crippen LogP contribution in [0.4, 0.5) is 0 Å². The highest BCUT2D eigenvalue weighted by atomic mass is 127. The third-order valence-corrected chi connectivity index (χ3v) is 7.66. The van der Waals surface area contributed by atoms with Crippen LogP contribution in [0, 0.1) is 5.92 Å². The molecule has 0 aromatic heterocycles. The molecule has 0 aromatic carbocycles. The molecule has 1 N–H and O–H groups in total. The number of ether oxygens (including phenoxy) is 1. The largest absolute Gasteiger partial charge is 0.381 e. The maximum absolute atomic E-state index is 5.68. The number of hydrogen-bond donors (Lipinski definition) is 1. The second-order valence-electron chi connectivity index (χ2n) is 8.03. The van der Waals surface area contributed by atoms with Crippen molar-refractivity contribution in [1.82, 2.24) is 15.1 Å². The summed E-state index contributed by atoms with van der Waals surface area (Å²) in [4.78, 5) is 9.81. The van der Waals surface area contributed by atoms with Gasteiger partial charge in [-0.15, -0.1) is 24.0 Å². The number of aliphatic imine (C=N–C) groups is 1. The van der Waals surface area contributed by atoms with Crippen molar-refractivity contribution in [1.29, 1.82) is 0 Å². The lowest BCUT2D eigenvalue weighted by molar-refractivity contribution is -0.0166. The van der Waals surface area contributed by atoms with Gasteiger partial charge in [-0.05, 0) is 44.7 Å². The Hall–Kier alpha value is 0.270. The Labute approximate surface area is 181 Å². The molecule has 0 amide bonds. The molecule has 152 valence electrons. The Morgan fingerprint density at radius 1 is 1.23 bits per heavy atom. The van der Waals surface area contributed by atoms with E-state index in [1.165, 1.54) is 31.7 Å². The standard InChI is InChI=1S/C19H36N4OS.HI/c1-16(2)17-14-22(10-13-25-17)18(20-3)21-15-19(6-11-24-12-7-19)23-8-4-5-9-23;/h16-17H,4-15H2,1-3H3,(H,20,21);1H. The molecule has 0 spiro atoms. The summed E-state index contributed by atoms with van der Waals surface area (Å²) in [5.74, 6) is 3.02. The fourth-order valence-corrected chi connectivity index (χ4v) is 5.69. The topological polar surface area (TPSA) is 40.1 Å². The van der Waals surface area contributed by atoms with Crippen LogP contribution < -0.4 is 5.32 Å². The van der Waals surface area contributed by atoms with Gasteiger partial charge >= 0.3 is 0 Å². The number of hydrogen-bond acceptors (Lipinski definition) is 4. The maximum atomic E-state index is 5.68. The second-order valence-corrected chi connectivity index (χ2v) is 9.38. The van der Waals surface area contributed by atoms with Gasteiger partial charge in [0, 0.05) is 56.4 Å². The molecule has 3 heterocycles. The van der Waals surface area contributed by atoms with E-state index in [1.54, 1.807) is 0 Å². The van der Waals surface area contributed by atoms with E-state index in [9.17, 15) is 0 Å². The average molecular weight is 497 g/mol. The minimum atomic E-state index is 0. The predicted octanol–water partition coefficient (Wildman–Crippen LogP) is 2.90. The van der Waals surface area contributed by atoms with E-state index in [4.69, 9.17) is 4.74 Å². The van der Waals surface area contributed by atoms with Gasteiger partial charge in [0.05, 0.1) is 0 Å². The number of halogens is 1. The number of nitrogens with one attached hydrogen (secondary N) is 1. The maximum Gasteiger partial charge on any atom is 0.193 e. The minimum Gasteiger partial charge on any atom is -0.381 e. The molecule has 1 atom stereocenters. The molecule has 7 heteroatoms. The summed E-state index contributed by atoms with van der Waals surface area (Å²) >= 11 is 2.12. The number of guanidine groups is 1. The number of rotatable bonds is 4. The molecule has 5 nitrogen and oxygen atoms in total. The summed E-state index contributed by atoms with van der Waals surface area (Å²) in [6, 6.07) is 0. The van der Waals surface area contributed by atoms with Crippen LogP contribution in [0.5, 0.6) is 0 Å². The number of nitrogens with zero attached hydrogens (tertiary/aromatic N) is 3. The molecular formula is C19H37IN4OS. The Bertz CT molecular complexity index is 451. The first kappa shape index (κ1) is 22.6. The zero-order chi connectivity index (χ0) is 17.7. The van der Waals surface area contributed by atoms with Gasteiger partial charge < -0.3 is 15.0 Å². The van der Waals surface area contributed by atoms with Crippen LogP contribution in [0.25, 0.3) is 0 Å². The van der Waals surface area contributed by atoms with Gasteiger partial charge in [0.1, 0.15) is 0 Å². The van der Waals surface area contributed by atoms with Gasteiger partial charge in [0.2, 0.25) is 0 Å². The molecule has 3 aliphatic heterocycles. The van der Waals surface area contributed by atoms with Crippen LogP contribution in [0.15, 0.2) is 4.99 Å². The first-order chi connectivity index (χ1) is 12.1. The lowest BCUT2D eigenvalue weighted by Gasteiger charge is -2.45. The summed E-state index contributed by atoms with van der Waals surface area (Å²) in [6.07, 6.45) is 4.97. The summed E-state index contributed by atoms with van der Waals surface area (Å²) in [7, 11) is 1.93. The zero-order valence-corrected chi connectivity index (χ0v) is 19.9. The lowest BCUT2D eigenvalue weighted by Crippen LogP contribution is -2.59. The molecule has 0 bridgehead atoms. The normalized spacial score (nSPS) is 27.5. The van der Waals surface area contributed by atoms with E-state index >= 15 is 0 Å². The molecule has 0 aliphatic carbocycles. The average Bonchev–Trinajstić information content (AvgIpc) is 3.19. The van der Waals surface area contributed by atoms with E-state index in [-0.39, 0.29) is 29.5 Å². The van der Waals surface area contributed by atoms with E-state index in [0.717, 1.165) is 57.6 Å². The van der Waals surface area contributed by atoms with Crippen LogP contribution in [0.1, 0.15) is 39.5 Å². The molecule has 26 heavy (non-hydrogen) atoms. The SMILES string of the molecule is CN=C(NCC1(N2CCCC2)CCOCC1)N1CCSC(C(C)C)C1.I. The first-order valence-electron chi connectivity index (χ1n) is 10.0. The zero-order valence-electron chi connectivity index (χ0n) is 16.7. The van der Waals surface area contributed by atoms with Crippen molar-refractivity contribution in [2.45, 2.75) is 50.3 Å². The van der Waals surface area contributed by atoms with Gasteiger partial charge in [-0.25, -0.2) is 0 Å². The molecule has 0 aromatic rings. The van der Waals surface area contributed by atoms with Gasteiger partial charge in [0.15, 0.2) is 5.96 Å². The highest BCUT2D eigenvalue weighted by Gasteiger charge is 2.40. The highest BCUT2D eigenvalue weighted by Crippen LogP contribution is 2.31. The van der Waals surface area contributed by atoms with Gasteiger partial charge in [-0.3, -0.25) is 9.89 Å². The van der Waals surface area contributed by atoms with Crippen molar-refractivity contribution < 1.29 is 4.74 Å². The van der Waals surface area contributed by atoms with Crippen LogP contribution in [0.2, 0.25) is 0 Å². The number of thioether (sulfide) groups is 1. The van der Waals surface area contributed by atoms with Crippen molar-refractivity contribution in [2.24, 2.45) is 10.9 Å². The fraction of sp³-hybridized carbons (Fsp3) is 0.947. The summed E-state index contributed by atoms with van der Waals surface area (Å²) < 4.78 is 5.68. The molecule has 3 rings (SSSR count). The smallest absolute Gasteiger partial charge is 0.193 e. The van der Waals surface area contributed by atoms with E-state index in [2.05, 4.69) is 45.7 Å². The Kier molecular flexibility index (Phi) is 9.30. The van der Waals surface area contributed by atoms with E-state index in [0.29, 0.717) is 5.25 Å². The number of likely N-dealkylation sites (tertiary alicyclic amines) is 1. The van der Waals surface area contributed by atoms with Crippen molar-refractivity contribution in [3.8, 4) is 0 Å². The van der Waals surface area contributed by atoms with Crippen LogP contribution in [-0.2, 0) is 4.74 Å².